The van der Waals surface area contributed by atoms with E-state index >= 15 is 0 Å². The van der Waals surface area contributed by atoms with E-state index in [1.54, 1.807) is 0 Å². The summed E-state index contributed by atoms with van der Waals surface area (Å²) in [5.41, 5.74) is 2.32. The molecule has 1 amide bonds. The summed E-state index contributed by atoms with van der Waals surface area (Å²) >= 11 is 12.3. The lowest BCUT2D eigenvalue weighted by atomic mass is 9.89. The third-order valence-corrected chi connectivity index (χ3v) is 5.56. The van der Waals surface area contributed by atoms with Crippen LogP contribution in [0.25, 0.3) is 0 Å². The van der Waals surface area contributed by atoms with Crippen LogP contribution in [0, 0.1) is 5.92 Å². The monoisotopic (exact) mass is 341 g/mol. The molecule has 3 atom stereocenters. The minimum absolute atomic E-state index is 0.0455. The molecule has 0 aliphatic carbocycles. The first-order valence-corrected chi connectivity index (χ1v) is 8.63. The molecule has 0 radical (unpaired) electrons. The number of ether oxygens (including phenoxy) is 1. The standard InChI is InChI=1S/C17H21Cl2NO2/c1-10-7-13(4-6-22-10)17(21)20-5-3-12-8-15(18)16(19)9-14(12)11(20)2/h8-11,13H,3-7H2,1-2H3/t10-,11-,13+/m1/s1. The van der Waals surface area contributed by atoms with E-state index < -0.39 is 0 Å². The molecule has 3 rings (SSSR count). The van der Waals surface area contributed by atoms with E-state index in [1.807, 2.05) is 24.0 Å². The molecule has 2 aliphatic rings. The highest BCUT2D eigenvalue weighted by Gasteiger charge is 2.34. The number of carbonyl (C=O) groups is 1. The van der Waals surface area contributed by atoms with Gasteiger partial charge in [0.25, 0.3) is 0 Å². The summed E-state index contributed by atoms with van der Waals surface area (Å²) in [6, 6.07) is 3.90. The van der Waals surface area contributed by atoms with E-state index in [1.165, 1.54) is 5.56 Å². The molecule has 0 unspecified atom stereocenters. The van der Waals surface area contributed by atoms with Crippen molar-refractivity contribution in [3.05, 3.63) is 33.3 Å². The quantitative estimate of drug-likeness (QED) is 0.763. The molecule has 120 valence electrons. The van der Waals surface area contributed by atoms with Crippen LogP contribution in [0.15, 0.2) is 12.1 Å². The van der Waals surface area contributed by atoms with Gasteiger partial charge in [0.1, 0.15) is 0 Å². The SMILES string of the molecule is C[C@@H]1C[C@@H](C(=O)N2CCc3cc(Cl)c(Cl)cc3[C@H]2C)CCO1. The van der Waals surface area contributed by atoms with Gasteiger partial charge in [0, 0.05) is 19.1 Å². The van der Waals surface area contributed by atoms with Gasteiger partial charge in [0.15, 0.2) is 0 Å². The third-order valence-electron chi connectivity index (χ3n) is 4.84. The molecule has 1 aromatic carbocycles. The van der Waals surface area contributed by atoms with Gasteiger partial charge in [0.05, 0.1) is 22.2 Å². The van der Waals surface area contributed by atoms with Crippen molar-refractivity contribution in [3.63, 3.8) is 0 Å². The average Bonchev–Trinajstić information content (AvgIpc) is 2.49. The Morgan fingerprint density at radius 2 is 2.00 bits per heavy atom. The largest absolute Gasteiger partial charge is 0.378 e. The van der Waals surface area contributed by atoms with Gasteiger partial charge >= 0.3 is 0 Å². The zero-order valence-electron chi connectivity index (χ0n) is 12.9. The van der Waals surface area contributed by atoms with Crippen molar-refractivity contribution in [2.24, 2.45) is 5.92 Å². The Balaban J connectivity index is 1.81. The molecule has 0 N–H and O–H groups in total. The van der Waals surface area contributed by atoms with E-state index in [0.29, 0.717) is 16.7 Å². The molecule has 0 spiro atoms. The van der Waals surface area contributed by atoms with E-state index in [4.69, 9.17) is 27.9 Å². The van der Waals surface area contributed by atoms with Crippen LogP contribution < -0.4 is 0 Å². The van der Waals surface area contributed by atoms with Crippen LogP contribution in [0.3, 0.4) is 0 Å². The Morgan fingerprint density at radius 3 is 2.73 bits per heavy atom. The third kappa shape index (κ3) is 2.99. The number of benzene rings is 1. The Kier molecular flexibility index (Phi) is 4.67. The number of nitrogens with zero attached hydrogens (tertiary/aromatic N) is 1. The summed E-state index contributed by atoms with van der Waals surface area (Å²) in [5.74, 6) is 0.329. The summed E-state index contributed by atoms with van der Waals surface area (Å²) in [6.45, 7) is 5.54. The fourth-order valence-electron chi connectivity index (χ4n) is 3.57. The second-order valence-corrected chi connectivity index (χ2v) is 7.14. The molecule has 1 fully saturated rings. The highest BCUT2D eigenvalue weighted by atomic mass is 35.5. The van der Waals surface area contributed by atoms with Gasteiger partial charge in [-0.25, -0.2) is 0 Å². The zero-order valence-corrected chi connectivity index (χ0v) is 14.5. The zero-order chi connectivity index (χ0) is 15.9. The van der Waals surface area contributed by atoms with Crippen LogP contribution in [0.2, 0.25) is 10.0 Å². The van der Waals surface area contributed by atoms with Gasteiger partial charge in [-0.05, 0) is 56.4 Å². The van der Waals surface area contributed by atoms with Crippen molar-refractivity contribution in [1.29, 1.82) is 0 Å². The maximum Gasteiger partial charge on any atom is 0.226 e. The highest BCUT2D eigenvalue weighted by Crippen LogP contribution is 2.36. The maximum atomic E-state index is 12.9. The van der Waals surface area contributed by atoms with Gasteiger partial charge in [-0.1, -0.05) is 23.2 Å². The summed E-state index contributed by atoms with van der Waals surface area (Å²) in [6.07, 6.45) is 2.64. The van der Waals surface area contributed by atoms with Crippen molar-refractivity contribution >= 4 is 29.1 Å². The summed E-state index contributed by atoms with van der Waals surface area (Å²) in [4.78, 5) is 14.9. The second-order valence-electron chi connectivity index (χ2n) is 6.33. The second kappa shape index (κ2) is 6.38. The average molecular weight is 342 g/mol. The highest BCUT2D eigenvalue weighted by molar-refractivity contribution is 6.42. The van der Waals surface area contributed by atoms with Crippen molar-refractivity contribution in [2.75, 3.05) is 13.2 Å². The van der Waals surface area contributed by atoms with Gasteiger partial charge in [-0.3, -0.25) is 4.79 Å². The number of hydrogen-bond acceptors (Lipinski definition) is 2. The normalized spacial score (nSPS) is 28.4. The summed E-state index contributed by atoms with van der Waals surface area (Å²) < 4.78 is 5.55. The minimum Gasteiger partial charge on any atom is -0.378 e. The smallest absolute Gasteiger partial charge is 0.226 e. The first kappa shape index (κ1) is 16.1. The van der Waals surface area contributed by atoms with E-state index in [9.17, 15) is 4.79 Å². The molecule has 0 aromatic heterocycles. The molecule has 3 nitrogen and oxygen atoms in total. The van der Waals surface area contributed by atoms with Crippen molar-refractivity contribution < 1.29 is 9.53 Å². The molecular weight excluding hydrogens is 321 g/mol. The van der Waals surface area contributed by atoms with Gasteiger partial charge in [-0.15, -0.1) is 0 Å². The molecule has 1 aromatic rings. The molecule has 5 heteroatoms. The van der Waals surface area contributed by atoms with Crippen LogP contribution in [-0.4, -0.2) is 30.1 Å². The van der Waals surface area contributed by atoms with Gasteiger partial charge < -0.3 is 9.64 Å². The first-order chi connectivity index (χ1) is 10.5. The minimum atomic E-state index is 0.0455. The van der Waals surface area contributed by atoms with Crippen LogP contribution in [-0.2, 0) is 16.0 Å². The molecular formula is C17H21Cl2NO2. The van der Waals surface area contributed by atoms with Crippen LogP contribution in [0.1, 0.15) is 43.9 Å². The Bertz CT molecular complexity index is 590. The molecule has 0 saturated carbocycles. The van der Waals surface area contributed by atoms with Crippen LogP contribution >= 0.6 is 23.2 Å². The lowest BCUT2D eigenvalue weighted by Crippen LogP contribution is -2.44. The molecule has 0 bridgehead atoms. The lowest BCUT2D eigenvalue weighted by molar-refractivity contribution is -0.143. The number of halogens is 2. The molecule has 2 heterocycles. The van der Waals surface area contributed by atoms with Crippen LogP contribution in [0.4, 0.5) is 0 Å². The van der Waals surface area contributed by atoms with Gasteiger partial charge in [0.2, 0.25) is 5.91 Å². The number of fused-ring (bicyclic) bond motifs is 1. The Hall–Kier alpha value is -0.770. The van der Waals surface area contributed by atoms with E-state index in [-0.39, 0.29) is 24.0 Å². The van der Waals surface area contributed by atoms with E-state index in [2.05, 4.69) is 6.92 Å². The van der Waals surface area contributed by atoms with Crippen molar-refractivity contribution in [2.45, 2.75) is 45.3 Å². The number of amides is 1. The predicted molar refractivity (Wildman–Crippen MR) is 88.4 cm³/mol. The maximum absolute atomic E-state index is 12.9. The molecule has 22 heavy (non-hydrogen) atoms. The predicted octanol–water partition coefficient (Wildman–Crippen LogP) is 4.25. The fraction of sp³-hybridized carbons (Fsp3) is 0.588. The van der Waals surface area contributed by atoms with Crippen molar-refractivity contribution in [3.8, 4) is 0 Å². The molecule has 2 aliphatic heterocycles. The number of hydrogen-bond donors (Lipinski definition) is 0. The fourth-order valence-corrected chi connectivity index (χ4v) is 3.93. The van der Waals surface area contributed by atoms with Crippen LogP contribution in [0.5, 0.6) is 0 Å². The summed E-state index contributed by atoms with van der Waals surface area (Å²) in [5, 5.41) is 1.15. The number of carbonyl (C=O) groups excluding carboxylic acids is 1. The van der Waals surface area contributed by atoms with Crippen molar-refractivity contribution in [1.82, 2.24) is 4.90 Å². The Morgan fingerprint density at radius 1 is 1.27 bits per heavy atom. The topological polar surface area (TPSA) is 29.5 Å². The van der Waals surface area contributed by atoms with Gasteiger partial charge in [-0.2, -0.15) is 0 Å². The lowest BCUT2D eigenvalue weighted by Gasteiger charge is -2.39. The first-order valence-electron chi connectivity index (χ1n) is 7.87. The number of rotatable bonds is 1. The van der Waals surface area contributed by atoms with E-state index in [0.717, 1.165) is 31.4 Å². The molecule has 1 saturated heterocycles. The summed E-state index contributed by atoms with van der Waals surface area (Å²) in [7, 11) is 0. The Labute approximate surface area is 141 Å².